The van der Waals surface area contributed by atoms with Crippen molar-refractivity contribution in [2.45, 2.75) is 12.5 Å². The molecule has 0 saturated carbocycles. The van der Waals surface area contributed by atoms with Crippen LogP contribution in [0, 0.1) is 0 Å². The van der Waals surface area contributed by atoms with Gasteiger partial charge in [-0.2, -0.15) is 16.9 Å². The van der Waals surface area contributed by atoms with Crippen LogP contribution in [0.3, 0.4) is 0 Å². The van der Waals surface area contributed by atoms with Gasteiger partial charge < -0.3 is 10.4 Å². The molecule has 1 rings (SSSR count). The van der Waals surface area contributed by atoms with E-state index < -0.39 is 5.60 Å². The second-order valence-electron chi connectivity index (χ2n) is 4.08. The van der Waals surface area contributed by atoms with Crippen molar-refractivity contribution < 1.29 is 5.11 Å². The number of hydrogen-bond donors (Lipinski definition) is 2. The zero-order valence-electron chi connectivity index (χ0n) is 10.0. The van der Waals surface area contributed by atoms with Crippen molar-refractivity contribution >= 4 is 29.1 Å². The third-order valence-electron chi connectivity index (χ3n) is 2.19. The molecule has 1 unspecified atom stereocenters. The number of hydrogen-bond acceptors (Lipinski definition) is 5. The summed E-state index contributed by atoms with van der Waals surface area (Å²) in [7, 11) is 1.53. The number of nitrogens with one attached hydrogen (secondary N) is 1. The summed E-state index contributed by atoms with van der Waals surface area (Å²) >= 11 is 7.43. The zero-order chi connectivity index (χ0) is 13.1. The number of aliphatic hydroxyl groups is 1. The molecule has 5 nitrogen and oxygen atoms in total. The maximum Gasteiger partial charge on any atom is 0.287 e. The second-order valence-corrected chi connectivity index (χ2v) is 5.33. The van der Waals surface area contributed by atoms with Crippen LogP contribution in [0.5, 0.6) is 0 Å². The normalized spacial score (nSPS) is 14.4. The SMILES string of the molecule is CSCC(C)(O)CNc1cnn(C)c(=O)c1Cl. The number of aromatic nitrogens is 2. The lowest BCUT2D eigenvalue weighted by Crippen LogP contribution is -2.36. The van der Waals surface area contributed by atoms with Crippen molar-refractivity contribution in [2.24, 2.45) is 7.05 Å². The van der Waals surface area contributed by atoms with Gasteiger partial charge in [0, 0.05) is 19.3 Å². The van der Waals surface area contributed by atoms with Crippen LogP contribution in [0.15, 0.2) is 11.0 Å². The Morgan fingerprint density at radius 1 is 1.71 bits per heavy atom. The van der Waals surface area contributed by atoms with E-state index in [1.165, 1.54) is 13.2 Å². The van der Waals surface area contributed by atoms with Gasteiger partial charge >= 0.3 is 0 Å². The highest BCUT2D eigenvalue weighted by Gasteiger charge is 2.20. The highest BCUT2D eigenvalue weighted by molar-refractivity contribution is 7.98. The van der Waals surface area contributed by atoms with Crippen LogP contribution in [0.25, 0.3) is 0 Å². The van der Waals surface area contributed by atoms with Crippen LogP contribution < -0.4 is 10.9 Å². The Kier molecular flexibility index (Phi) is 4.85. The Labute approximate surface area is 109 Å². The van der Waals surface area contributed by atoms with Gasteiger partial charge in [-0.1, -0.05) is 11.6 Å². The fraction of sp³-hybridized carbons (Fsp3) is 0.600. The Morgan fingerprint density at radius 2 is 2.35 bits per heavy atom. The van der Waals surface area contributed by atoms with Crippen molar-refractivity contribution in [3.05, 3.63) is 21.6 Å². The molecule has 0 fully saturated rings. The molecule has 1 aromatic rings. The summed E-state index contributed by atoms with van der Waals surface area (Å²) < 4.78 is 1.16. The fourth-order valence-electron chi connectivity index (χ4n) is 1.28. The van der Waals surface area contributed by atoms with E-state index in [9.17, 15) is 9.90 Å². The van der Waals surface area contributed by atoms with Gasteiger partial charge in [0.2, 0.25) is 0 Å². The van der Waals surface area contributed by atoms with E-state index >= 15 is 0 Å². The van der Waals surface area contributed by atoms with Crippen LogP contribution in [0.1, 0.15) is 6.92 Å². The first-order valence-corrected chi connectivity index (χ1v) is 6.81. The van der Waals surface area contributed by atoms with Gasteiger partial charge in [0.1, 0.15) is 5.02 Å². The number of anilines is 1. The molecule has 0 aliphatic rings. The fourth-order valence-corrected chi connectivity index (χ4v) is 2.24. The molecule has 0 radical (unpaired) electrons. The Morgan fingerprint density at radius 3 is 2.94 bits per heavy atom. The van der Waals surface area contributed by atoms with E-state index in [1.54, 1.807) is 18.7 Å². The zero-order valence-corrected chi connectivity index (χ0v) is 11.6. The van der Waals surface area contributed by atoms with Gasteiger partial charge in [-0.15, -0.1) is 0 Å². The molecule has 1 aromatic heterocycles. The lowest BCUT2D eigenvalue weighted by Gasteiger charge is -2.23. The smallest absolute Gasteiger partial charge is 0.287 e. The molecule has 0 aliphatic carbocycles. The summed E-state index contributed by atoms with van der Waals surface area (Å²) in [5.41, 5.74) is -0.776. The predicted octanol–water partition coefficient (Wildman–Crippen LogP) is 0.960. The second kappa shape index (κ2) is 5.75. The summed E-state index contributed by atoms with van der Waals surface area (Å²) in [6.45, 7) is 2.03. The predicted molar refractivity (Wildman–Crippen MR) is 72.0 cm³/mol. The van der Waals surface area contributed by atoms with Crippen LogP contribution in [0.4, 0.5) is 5.69 Å². The standard InChI is InChI=1S/C10H16ClN3O2S/c1-10(16,6-17-3)5-12-7-4-13-14(2)9(15)8(7)11/h4,12,16H,5-6H2,1-3H3. The minimum atomic E-state index is -0.857. The topological polar surface area (TPSA) is 67.2 Å². The molecule has 0 spiro atoms. The van der Waals surface area contributed by atoms with Crippen molar-refractivity contribution in [3.8, 4) is 0 Å². The van der Waals surface area contributed by atoms with E-state index in [2.05, 4.69) is 10.4 Å². The van der Waals surface area contributed by atoms with Crippen molar-refractivity contribution in [1.82, 2.24) is 9.78 Å². The van der Waals surface area contributed by atoms with E-state index in [0.717, 1.165) is 4.68 Å². The largest absolute Gasteiger partial charge is 0.387 e. The van der Waals surface area contributed by atoms with Crippen LogP contribution in [-0.2, 0) is 7.05 Å². The lowest BCUT2D eigenvalue weighted by atomic mass is 10.1. The molecule has 0 aromatic carbocycles. The minimum Gasteiger partial charge on any atom is -0.387 e. The van der Waals surface area contributed by atoms with E-state index in [1.807, 2.05) is 6.26 Å². The van der Waals surface area contributed by atoms with E-state index in [-0.39, 0.29) is 10.6 Å². The van der Waals surface area contributed by atoms with Crippen molar-refractivity contribution in [1.29, 1.82) is 0 Å². The summed E-state index contributed by atoms with van der Waals surface area (Å²) in [4.78, 5) is 11.5. The molecular weight excluding hydrogens is 262 g/mol. The number of rotatable bonds is 5. The van der Waals surface area contributed by atoms with Crippen LogP contribution in [0.2, 0.25) is 5.02 Å². The molecule has 0 aliphatic heterocycles. The van der Waals surface area contributed by atoms with Crippen LogP contribution in [-0.4, -0.2) is 39.0 Å². The molecule has 1 atom stereocenters. The molecule has 0 saturated heterocycles. The molecule has 7 heteroatoms. The van der Waals surface area contributed by atoms with Gasteiger partial charge in [0.25, 0.3) is 5.56 Å². The monoisotopic (exact) mass is 277 g/mol. The molecule has 1 heterocycles. The first kappa shape index (κ1) is 14.3. The lowest BCUT2D eigenvalue weighted by molar-refractivity contribution is 0.0997. The highest BCUT2D eigenvalue weighted by Crippen LogP contribution is 2.17. The minimum absolute atomic E-state index is 0.0856. The Bertz CT molecular complexity index is 448. The molecular formula is C10H16ClN3O2S. The van der Waals surface area contributed by atoms with Crippen molar-refractivity contribution in [2.75, 3.05) is 23.9 Å². The summed E-state index contributed by atoms with van der Waals surface area (Å²) in [5, 5.41) is 16.8. The maximum absolute atomic E-state index is 11.5. The molecule has 0 bridgehead atoms. The van der Waals surface area contributed by atoms with Gasteiger partial charge in [-0.05, 0) is 13.2 Å². The average Bonchev–Trinajstić information content (AvgIpc) is 2.25. The first-order valence-electron chi connectivity index (χ1n) is 5.04. The highest BCUT2D eigenvalue weighted by atomic mass is 35.5. The molecule has 2 N–H and O–H groups in total. The summed E-state index contributed by atoms with van der Waals surface area (Å²) in [5.74, 6) is 0.593. The van der Waals surface area contributed by atoms with Gasteiger partial charge in [-0.25, -0.2) is 4.68 Å². The quantitative estimate of drug-likeness (QED) is 0.839. The van der Waals surface area contributed by atoms with Gasteiger partial charge in [0.15, 0.2) is 0 Å². The number of aryl methyl sites for hydroxylation is 1. The van der Waals surface area contributed by atoms with Crippen molar-refractivity contribution in [3.63, 3.8) is 0 Å². The molecule has 96 valence electrons. The summed E-state index contributed by atoms with van der Waals surface area (Å²) in [6.07, 6.45) is 3.39. The average molecular weight is 278 g/mol. The molecule has 0 amide bonds. The van der Waals surface area contributed by atoms with E-state index in [0.29, 0.717) is 18.0 Å². The summed E-state index contributed by atoms with van der Waals surface area (Å²) in [6, 6.07) is 0. The Hall–Kier alpha value is -0.720. The first-order chi connectivity index (χ1) is 7.87. The Balaban J connectivity index is 2.77. The maximum atomic E-state index is 11.5. The van der Waals surface area contributed by atoms with Gasteiger partial charge in [-0.3, -0.25) is 4.79 Å². The number of thioether (sulfide) groups is 1. The number of nitrogens with zero attached hydrogens (tertiary/aromatic N) is 2. The third kappa shape index (κ3) is 3.90. The van der Waals surface area contributed by atoms with E-state index in [4.69, 9.17) is 11.6 Å². The third-order valence-corrected chi connectivity index (χ3v) is 3.47. The van der Waals surface area contributed by atoms with Crippen LogP contribution >= 0.6 is 23.4 Å². The molecule has 17 heavy (non-hydrogen) atoms. The van der Waals surface area contributed by atoms with Gasteiger partial charge in [0.05, 0.1) is 17.5 Å². The number of halogens is 1.